The molecule has 0 amide bonds. The minimum absolute atomic E-state index is 0.797. The van der Waals surface area contributed by atoms with Crippen LogP contribution in [0.4, 0.5) is 13.2 Å². The van der Waals surface area contributed by atoms with E-state index >= 15 is 0 Å². The standard InChI is InChI=1S/C18H13F3NP/c19-18(20,21)17-12-11-16(13-22-17)23(14-7-3-1-4-8-14)15-9-5-2-6-10-15/h1-13H. The fourth-order valence-electron chi connectivity index (χ4n) is 2.29. The number of benzene rings is 2. The van der Waals surface area contributed by atoms with Gasteiger partial charge in [-0.15, -0.1) is 0 Å². The minimum atomic E-state index is -4.42. The van der Waals surface area contributed by atoms with Crippen LogP contribution >= 0.6 is 7.92 Å². The fraction of sp³-hybridized carbons (Fsp3) is 0.0556. The second-order valence-corrected chi connectivity index (χ2v) is 7.13. The molecule has 0 aliphatic carbocycles. The first-order valence-electron chi connectivity index (χ1n) is 6.99. The van der Waals surface area contributed by atoms with E-state index in [4.69, 9.17) is 0 Å². The predicted octanol–water partition coefficient (Wildman–Crippen LogP) is 3.86. The van der Waals surface area contributed by atoms with E-state index in [1.54, 1.807) is 0 Å². The van der Waals surface area contributed by atoms with E-state index in [-0.39, 0.29) is 0 Å². The molecular formula is C18H13F3NP. The maximum absolute atomic E-state index is 12.7. The summed E-state index contributed by atoms with van der Waals surface area (Å²) in [6, 6.07) is 22.2. The third kappa shape index (κ3) is 3.59. The zero-order valence-electron chi connectivity index (χ0n) is 12.0. The summed E-state index contributed by atoms with van der Waals surface area (Å²) >= 11 is 0. The van der Waals surface area contributed by atoms with Crippen molar-refractivity contribution in [2.75, 3.05) is 0 Å². The van der Waals surface area contributed by atoms with Crippen LogP contribution in [0.25, 0.3) is 0 Å². The highest BCUT2D eigenvalue weighted by Crippen LogP contribution is 2.33. The van der Waals surface area contributed by atoms with Gasteiger partial charge in [0.2, 0.25) is 0 Å². The summed E-state index contributed by atoms with van der Waals surface area (Å²) in [6.45, 7) is 0. The van der Waals surface area contributed by atoms with Crippen molar-refractivity contribution in [3.8, 4) is 0 Å². The number of alkyl halides is 3. The van der Waals surface area contributed by atoms with Crippen LogP contribution < -0.4 is 15.9 Å². The van der Waals surface area contributed by atoms with Gasteiger partial charge in [-0.2, -0.15) is 13.2 Å². The lowest BCUT2D eigenvalue weighted by Crippen LogP contribution is -2.21. The van der Waals surface area contributed by atoms with Crippen LogP contribution in [0.5, 0.6) is 0 Å². The van der Waals surface area contributed by atoms with Crippen molar-refractivity contribution < 1.29 is 13.2 Å². The Balaban J connectivity index is 2.06. The number of halogens is 3. The molecule has 0 N–H and O–H groups in total. The van der Waals surface area contributed by atoms with Crippen LogP contribution in [0.3, 0.4) is 0 Å². The van der Waals surface area contributed by atoms with Crippen molar-refractivity contribution in [2.45, 2.75) is 6.18 Å². The third-order valence-corrected chi connectivity index (χ3v) is 5.74. The Labute approximate surface area is 133 Å². The first kappa shape index (κ1) is 15.7. The summed E-state index contributed by atoms with van der Waals surface area (Å²) in [5.74, 6) is 0. The van der Waals surface area contributed by atoms with Gasteiger partial charge in [-0.25, -0.2) is 0 Å². The number of rotatable bonds is 3. The first-order chi connectivity index (χ1) is 11.1. The van der Waals surface area contributed by atoms with E-state index < -0.39 is 19.8 Å². The second-order valence-electron chi connectivity index (χ2n) is 4.91. The van der Waals surface area contributed by atoms with Gasteiger partial charge in [0.05, 0.1) is 0 Å². The number of hydrogen-bond acceptors (Lipinski definition) is 1. The minimum Gasteiger partial charge on any atom is -0.251 e. The molecule has 23 heavy (non-hydrogen) atoms. The molecule has 0 unspecified atom stereocenters. The zero-order chi connectivity index (χ0) is 16.3. The topological polar surface area (TPSA) is 12.9 Å². The molecule has 0 fully saturated rings. The number of nitrogens with zero attached hydrogens (tertiary/aromatic N) is 1. The second kappa shape index (κ2) is 6.51. The van der Waals surface area contributed by atoms with Crippen molar-refractivity contribution >= 4 is 23.8 Å². The molecule has 5 heteroatoms. The molecule has 0 aliphatic rings. The first-order valence-corrected chi connectivity index (χ1v) is 8.33. The molecule has 1 nitrogen and oxygen atoms in total. The summed E-state index contributed by atoms with van der Waals surface area (Å²) in [7, 11) is -0.924. The zero-order valence-corrected chi connectivity index (χ0v) is 12.9. The van der Waals surface area contributed by atoms with E-state index in [1.165, 1.54) is 12.3 Å². The lowest BCUT2D eigenvalue weighted by Gasteiger charge is -2.19. The van der Waals surface area contributed by atoms with Crippen molar-refractivity contribution in [3.63, 3.8) is 0 Å². The highest BCUT2D eigenvalue weighted by Gasteiger charge is 2.32. The van der Waals surface area contributed by atoms with Crippen LogP contribution in [0.15, 0.2) is 79.0 Å². The van der Waals surface area contributed by atoms with Gasteiger partial charge >= 0.3 is 6.18 Å². The fourth-order valence-corrected chi connectivity index (χ4v) is 4.52. The SMILES string of the molecule is FC(F)(F)c1ccc(P(c2ccccc2)c2ccccc2)cn1. The van der Waals surface area contributed by atoms with E-state index in [9.17, 15) is 13.2 Å². The molecule has 0 saturated heterocycles. The monoisotopic (exact) mass is 331 g/mol. The highest BCUT2D eigenvalue weighted by molar-refractivity contribution is 7.79. The summed E-state index contributed by atoms with van der Waals surface area (Å²) in [5.41, 5.74) is -0.864. The molecule has 3 aromatic rings. The van der Waals surface area contributed by atoms with Crippen LogP contribution in [0, 0.1) is 0 Å². The van der Waals surface area contributed by atoms with E-state index in [2.05, 4.69) is 4.98 Å². The average Bonchev–Trinajstić information content (AvgIpc) is 2.57. The Morgan fingerprint density at radius 2 is 1.17 bits per heavy atom. The van der Waals surface area contributed by atoms with Crippen molar-refractivity contribution in [1.29, 1.82) is 0 Å². The molecule has 116 valence electrons. The smallest absolute Gasteiger partial charge is 0.251 e. The number of hydrogen-bond donors (Lipinski definition) is 0. The van der Waals surface area contributed by atoms with E-state index in [1.807, 2.05) is 60.7 Å². The van der Waals surface area contributed by atoms with Gasteiger partial charge in [0.1, 0.15) is 5.69 Å². The van der Waals surface area contributed by atoms with Gasteiger partial charge < -0.3 is 0 Å². The maximum atomic E-state index is 12.7. The summed E-state index contributed by atoms with van der Waals surface area (Å²) in [4.78, 5) is 3.61. The average molecular weight is 331 g/mol. The summed E-state index contributed by atoms with van der Waals surface area (Å²) < 4.78 is 38.1. The molecule has 1 heterocycles. The van der Waals surface area contributed by atoms with Gasteiger partial charge in [0, 0.05) is 11.5 Å². The number of pyridine rings is 1. The van der Waals surface area contributed by atoms with Gasteiger partial charge in [-0.1, -0.05) is 66.7 Å². The lowest BCUT2D eigenvalue weighted by molar-refractivity contribution is -0.141. The van der Waals surface area contributed by atoms with Gasteiger partial charge in [0.15, 0.2) is 0 Å². The lowest BCUT2D eigenvalue weighted by atomic mass is 10.3. The predicted molar refractivity (Wildman–Crippen MR) is 87.9 cm³/mol. The Bertz CT molecular complexity index is 716. The molecular weight excluding hydrogens is 318 g/mol. The molecule has 0 spiro atoms. The summed E-state index contributed by atoms with van der Waals surface area (Å²) in [6.07, 6.45) is -3.07. The summed E-state index contributed by atoms with van der Waals surface area (Å²) in [5, 5.41) is 2.95. The van der Waals surface area contributed by atoms with Crippen molar-refractivity contribution in [1.82, 2.24) is 4.98 Å². The van der Waals surface area contributed by atoms with Crippen LogP contribution in [-0.2, 0) is 6.18 Å². The van der Waals surface area contributed by atoms with Crippen LogP contribution in [0.2, 0.25) is 0 Å². The molecule has 2 aromatic carbocycles. The van der Waals surface area contributed by atoms with Gasteiger partial charge in [0.25, 0.3) is 0 Å². The quantitative estimate of drug-likeness (QED) is 0.664. The number of aromatic nitrogens is 1. The molecule has 3 rings (SSSR count). The molecule has 0 radical (unpaired) electrons. The Morgan fingerprint density at radius 3 is 1.57 bits per heavy atom. The Kier molecular flexibility index (Phi) is 4.44. The van der Waals surface area contributed by atoms with E-state index in [0.717, 1.165) is 22.0 Å². The molecule has 0 saturated carbocycles. The van der Waals surface area contributed by atoms with Gasteiger partial charge in [-0.05, 0) is 24.6 Å². The van der Waals surface area contributed by atoms with Crippen molar-refractivity contribution in [3.05, 3.63) is 84.7 Å². The van der Waals surface area contributed by atoms with Crippen LogP contribution in [-0.4, -0.2) is 4.98 Å². The van der Waals surface area contributed by atoms with E-state index in [0.29, 0.717) is 0 Å². The Hall–Kier alpha value is -2.19. The molecule has 0 aliphatic heterocycles. The Morgan fingerprint density at radius 1 is 0.652 bits per heavy atom. The largest absolute Gasteiger partial charge is 0.433 e. The molecule has 0 atom stereocenters. The third-order valence-electron chi connectivity index (χ3n) is 3.33. The van der Waals surface area contributed by atoms with Gasteiger partial charge in [-0.3, -0.25) is 4.98 Å². The maximum Gasteiger partial charge on any atom is 0.433 e. The molecule has 1 aromatic heterocycles. The van der Waals surface area contributed by atoms with Crippen molar-refractivity contribution in [2.24, 2.45) is 0 Å². The normalized spacial score (nSPS) is 11.7. The van der Waals surface area contributed by atoms with Crippen LogP contribution in [0.1, 0.15) is 5.69 Å². The molecule has 0 bridgehead atoms. The highest BCUT2D eigenvalue weighted by atomic mass is 31.1.